The molecule has 1 aromatic heterocycles. The van der Waals surface area contributed by atoms with Gasteiger partial charge < -0.3 is 15.1 Å². The smallest absolute Gasteiger partial charge is 0.287 e. The highest BCUT2D eigenvalue weighted by Crippen LogP contribution is 2.13. The van der Waals surface area contributed by atoms with Gasteiger partial charge in [0, 0.05) is 11.0 Å². The van der Waals surface area contributed by atoms with Gasteiger partial charge in [-0.25, -0.2) is 0 Å². The molecule has 1 aromatic rings. The summed E-state index contributed by atoms with van der Waals surface area (Å²) in [5.74, 6) is -0.595. The molecule has 0 aliphatic heterocycles. The molecular formula is C10H10Br2N2O3. The highest BCUT2D eigenvalue weighted by atomic mass is 79.9. The van der Waals surface area contributed by atoms with Gasteiger partial charge in [0.2, 0.25) is 5.91 Å². The van der Waals surface area contributed by atoms with E-state index in [-0.39, 0.29) is 18.2 Å². The van der Waals surface area contributed by atoms with Crippen LogP contribution in [0.4, 0.5) is 0 Å². The van der Waals surface area contributed by atoms with Gasteiger partial charge in [0.05, 0.1) is 6.54 Å². The molecule has 17 heavy (non-hydrogen) atoms. The summed E-state index contributed by atoms with van der Waals surface area (Å²) in [6, 6.07) is 3.11. The van der Waals surface area contributed by atoms with Crippen LogP contribution in [-0.2, 0) is 4.79 Å². The molecule has 0 saturated carbocycles. The van der Waals surface area contributed by atoms with E-state index < -0.39 is 5.91 Å². The average molecular weight is 366 g/mol. The monoisotopic (exact) mass is 364 g/mol. The Morgan fingerprint density at radius 1 is 1.29 bits per heavy atom. The van der Waals surface area contributed by atoms with E-state index in [1.807, 2.05) is 0 Å². The minimum Gasteiger partial charge on any atom is -0.444 e. The fraction of sp³-hybridized carbons (Fsp3) is 0.200. The van der Waals surface area contributed by atoms with E-state index in [4.69, 9.17) is 4.42 Å². The quantitative estimate of drug-likeness (QED) is 0.835. The molecule has 1 heterocycles. The van der Waals surface area contributed by atoms with Gasteiger partial charge in [-0.1, -0.05) is 22.5 Å². The fourth-order valence-corrected chi connectivity index (χ4v) is 1.39. The van der Waals surface area contributed by atoms with E-state index in [0.717, 1.165) is 0 Å². The number of furan rings is 1. The molecule has 0 aromatic carbocycles. The van der Waals surface area contributed by atoms with Crippen LogP contribution < -0.4 is 10.6 Å². The Kier molecular flexibility index (Phi) is 5.43. The molecule has 7 heteroatoms. The number of nitrogens with one attached hydrogen (secondary N) is 2. The molecule has 0 unspecified atom stereocenters. The number of carbonyl (C=O) groups is 2. The van der Waals surface area contributed by atoms with E-state index in [9.17, 15) is 9.59 Å². The number of carbonyl (C=O) groups excluding carboxylic acids is 2. The lowest BCUT2D eigenvalue weighted by molar-refractivity contribution is -0.119. The number of halogens is 2. The standard InChI is InChI=1S/C10H10Br2N2O3/c1-6(11)4-13-9(15)5-14-10(16)7-2-3-8(12)17-7/h2-3H,1,4-5H2,(H,13,15)(H,14,16). The number of amides is 2. The SMILES string of the molecule is C=C(Br)CNC(=O)CNC(=O)c1ccc(Br)o1. The van der Waals surface area contributed by atoms with Crippen molar-refractivity contribution in [2.75, 3.05) is 13.1 Å². The van der Waals surface area contributed by atoms with Crippen molar-refractivity contribution >= 4 is 43.7 Å². The van der Waals surface area contributed by atoms with Crippen LogP contribution in [0.1, 0.15) is 10.6 Å². The molecule has 5 nitrogen and oxygen atoms in total. The Labute approximate surface area is 115 Å². The first kappa shape index (κ1) is 14.0. The number of hydrogen-bond acceptors (Lipinski definition) is 3. The largest absolute Gasteiger partial charge is 0.444 e. The second kappa shape index (κ2) is 6.61. The van der Waals surface area contributed by atoms with Gasteiger partial charge in [0.15, 0.2) is 10.4 Å². The van der Waals surface area contributed by atoms with Gasteiger partial charge in [0.1, 0.15) is 0 Å². The number of rotatable bonds is 5. The summed E-state index contributed by atoms with van der Waals surface area (Å²) in [6.07, 6.45) is 0. The zero-order chi connectivity index (χ0) is 12.8. The minimum atomic E-state index is -0.441. The van der Waals surface area contributed by atoms with Crippen LogP contribution in [0.15, 0.2) is 32.3 Å². The van der Waals surface area contributed by atoms with Crippen LogP contribution >= 0.6 is 31.9 Å². The molecule has 0 fully saturated rings. The summed E-state index contributed by atoms with van der Waals surface area (Å²) in [7, 11) is 0. The normalized spacial score (nSPS) is 9.76. The summed E-state index contributed by atoms with van der Waals surface area (Å²) >= 11 is 6.19. The van der Waals surface area contributed by atoms with Crippen molar-refractivity contribution in [1.82, 2.24) is 10.6 Å². The Morgan fingerprint density at radius 3 is 2.53 bits per heavy atom. The molecule has 2 amide bonds. The van der Waals surface area contributed by atoms with Crippen molar-refractivity contribution in [3.8, 4) is 0 Å². The molecular weight excluding hydrogens is 356 g/mol. The van der Waals surface area contributed by atoms with Gasteiger partial charge in [-0.05, 0) is 28.1 Å². The third-order valence-corrected chi connectivity index (χ3v) is 2.39. The van der Waals surface area contributed by atoms with Gasteiger partial charge >= 0.3 is 0 Å². The van der Waals surface area contributed by atoms with Crippen LogP contribution in [0.2, 0.25) is 0 Å². The second-order valence-corrected chi connectivity index (χ2v) is 4.98. The third-order valence-electron chi connectivity index (χ3n) is 1.68. The maximum atomic E-state index is 11.5. The summed E-state index contributed by atoms with van der Waals surface area (Å²) in [6.45, 7) is 3.77. The van der Waals surface area contributed by atoms with Crippen LogP contribution in [-0.4, -0.2) is 24.9 Å². The molecule has 92 valence electrons. The van der Waals surface area contributed by atoms with Crippen LogP contribution in [0.3, 0.4) is 0 Å². The van der Waals surface area contributed by atoms with Crippen molar-refractivity contribution in [3.05, 3.63) is 33.6 Å². The average Bonchev–Trinajstić information content (AvgIpc) is 2.70. The summed E-state index contributed by atoms with van der Waals surface area (Å²) in [5.41, 5.74) is 0. The van der Waals surface area contributed by atoms with Crippen molar-refractivity contribution in [1.29, 1.82) is 0 Å². The first-order valence-corrected chi connectivity index (χ1v) is 6.21. The molecule has 0 aliphatic carbocycles. The topological polar surface area (TPSA) is 71.3 Å². The van der Waals surface area contributed by atoms with Crippen LogP contribution in [0.25, 0.3) is 0 Å². The minimum absolute atomic E-state index is 0.114. The Bertz CT molecular complexity index is 443. The maximum Gasteiger partial charge on any atom is 0.287 e. The summed E-state index contributed by atoms with van der Waals surface area (Å²) in [4.78, 5) is 22.7. The second-order valence-electron chi connectivity index (χ2n) is 3.08. The zero-order valence-electron chi connectivity index (χ0n) is 8.76. The lowest BCUT2D eigenvalue weighted by atomic mass is 10.4. The van der Waals surface area contributed by atoms with Gasteiger partial charge in [0.25, 0.3) is 5.91 Å². The molecule has 0 spiro atoms. The summed E-state index contributed by atoms with van der Waals surface area (Å²) in [5, 5.41) is 4.98. The van der Waals surface area contributed by atoms with Gasteiger partial charge in [-0.2, -0.15) is 0 Å². The molecule has 1 rings (SSSR count). The summed E-state index contributed by atoms with van der Waals surface area (Å²) < 4.78 is 6.15. The van der Waals surface area contributed by atoms with Crippen molar-refractivity contribution < 1.29 is 14.0 Å². The predicted octanol–water partition coefficient (Wildman–Crippen LogP) is 1.80. The Morgan fingerprint density at radius 2 is 2.00 bits per heavy atom. The lowest BCUT2D eigenvalue weighted by Crippen LogP contribution is -2.37. The highest BCUT2D eigenvalue weighted by molar-refractivity contribution is 9.11. The molecule has 0 atom stereocenters. The van der Waals surface area contributed by atoms with Gasteiger partial charge in [-0.3, -0.25) is 9.59 Å². The van der Waals surface area contributed by atoms with Crippen LogP contribution in [0.5, 0.6) is 0 Å². The Balaban J connectivity index is 2.33. The molecule has 0 radical (unpaired) electrons. The fourth-order valence-electron chi connectivity index (χ4n) is 0.941. The maximum absolute atomic E-state index is 11.5. The van der Waals surface area contributed by atoms with E-state index in [1.165, 1.54) is 6.07 Å². The lowest BCUT2D eigenvalue weighted by Gasteiger charge is -2.04. The van der Waals surface area contributed by atoms with E-state index in [0.29, 0.717) is 15.7 Å². The molecule has 0 saturated heterocycles. The van der Waals surface area contributed by atoms with E-state index in [2.05, 4.69) is 49.1 Å². The number of hydrogen-bond donors (Lipinski definition) is 2. The molecule has 0 bridgehead atoms. The predicted molar refractivity (Wildman–Crippen MR) is 69.8 cm³/mol. The van der Waals surface area contributed by atoms with Crippen LogP contribution in [0, 0.1) is 0 Å². The first-order valence-electron chi connectivity index (χ1n) is 4.62. The highest BCUT2D eigenvalue weighted by Gasteiger charge is 2.11. The van der Waals surface area contributed by atoms with Crippen molar-refractivity contribution in [3.63, 3.8) is 0 Å². The van der Waals surface area contributed by atoms with Gasteiger partial charge in [-0.15, -0.1) is 0 Å². The third kappa shape index (κ3) is 5.18. The van der Waals surface area contributed by atoms with Crippen molar-refractivity contribution in [2.45, 2.75) is 0 Å². The zero-order valence-corrected chi connectivity index (χ0v) is 11.9. The molecule has 2 N–H and O–H groups in total. The molecule has 0 aliphatic rings. The first-order chi connectivity index (χ1) is 7.99. The Hall–Kier alpha value is -1.08. The van der Waals surface area contributed by atoms with E-state index >= 15 is 0 Å². The van der Waals surface area contributed by atoms with E-state index in [1.54, 1.807) is 6.07 Å². The van der Waals surface area contributed by atoms with Crippen molar-refractivity contribution in [2.24, 2.45) is 0 Å².